The minimum absolute atomic E-state index is 0.167. The highest BCUT2D eigenvalue weighted by Gasteiger charge is 2.48. The molecule has 1 aromatic rings. The normalized spacial score (nSPS) is 28.0. The van der Waals surface area contributed by atoms with Gasteiger partial charge >= 0.3 is 0 Å². The monoisotopic (exact) mass is 285 g/mol. The van der Waals surface area contributed by atoms with E-state index >= 15 is 0 Å². The van der Waals surface area contributed by atoms with Crippen LogP contribution < -0.4 is 5.73 Å². The first-order valence-corrected chi connectivity index (χ1v) is 8.59. The second kappa shape index (κ2) is 5.38. The first kappa shape index (κ1) is 13.7. The number of rotatable bonds is 4. The van der Waals surface area contributed by atoms with Crippen molar-refractivity contribution >= 4 is 0 Å². The second-order valence-corrected chi connectivity index (χ2v) is 7.10. The molecule has 3 nitrogen and oxygen atoms in total. The quantitative estimate of drug-likeness (QED) is 0.922. The van der Waals surface area contributed by atoms with Gasteiger partial charge in [-0.25, -0.2) is 0 Å². The average Bonchev–Trinajstić information content (AvgIpc) is 3.32. The summed E-state index contributed by atoms with van der Waals surface area (Å²) in [6, 6.07) is 11.8. The van der Waals surface area contributed by atoms with Crippen molar-refractivity contribution in [1.29, 1.82) is 0 Å². The van der Waals surface area contributed by atoms with Crippen LogP contribution in [0, 0.1) is 0 Å². The van der Waals surface area contributed by atoms with Crippen LogP contribution >= 0.6 is 0 Å². The summed E-state index contributed by atoms with van der Waals surface area (Å²) < 4.78 is 0. The summed E-state index contributed by atoms with van der Waals surface area (Å²) in [5.74, 6) is 0. The van der Waals surface area contributed by atoms with Crippen molar-refractivity contribution in [2.75, 3.05) is 26.2 Å². The molecule has 3 aliphatic rings. The maximum absolute atomic E-state index is 6.72. The van der Waals surface area contributed by atoms with E-state index in [4.69, 9.17) is 5.73 Å². The van der Waals surface area contributed by atoms with Crippen LogP contribution in [0.4, 0.5) is 0 Å². The molecule has 3 fully saturated rings. The molecule has 1 unspecified atom stereocenters. The summed E-state index contributed by atoms with van der Waals surface area (Å²) in [7, 11) is 0. The highest BCUT2D eigenvalue weighted by atomic mass is 15.3. The Bertz CT molecular complexity index is 470. The predicted octanol–water partition coefficient (Wildman–Crippen LogP) is 2.39. The smallest absolute Gasteiger partial charge is 0.0482 e. The molecule has 1 aliphatic heterocycles. The molecular weight excluding hydrogens is 258 g/mol. The van der Waals surface area contributed by atoms with Gasteiger partial charge in [-0.15, -0.1) is 0 Å². The number of benzene rings is 1. The lowest BCUT2D eigenvalue weighted by Gasteiger charge is -2.56. The van der Waals surface area contributed by atoms with Gasteiger partial charge < -0.3 is 5.73 Å². The van der Waals surface area contributed by atoms with Gasteiger partial charge in [0.05, 0.1) is 0 Å². The molecule has 4 rings (SSSR count). The summed E-state index contributed by atoms with van der Waals surface area (Å²) >= 11 is 0. The first-order valence-electron chi connectivity index (χ1n) is 8.59. The number of nitrogens with two attached hydrogens (primary N) is 1. The molecule has 1 saturated heterocycles. The van der Waals surface area contributed by atoms with Gasteiger partial charge in [0, 0.05) is 43.8 Å². The Morgan fingerprint density at radius 2 is 1.67 bits per heavy atom. The molecule has 1 aromatic carbocycles. The molecule has 0 radical (unpaired) electrons. The fourth-order valence-corrected chi connectivity index (χ4v) is 4.31. The van der Waals surface area contributed by atoms with Gasteiger partial charge in [0.1, 0.15) is 0 Å². The molecule has 1 atom stereocenters. The standard InChI is InChI=1S/C18H27N3/c19-17(15-5-2-1-3-6-15)18(9-4-10-18)21-13-11-20(12-14-21)16-7-8-16/h1-3,5-6,16-17H,4,7-14,19H2. The number of piperazine rings is 1. The molecule has 2 N–H and O–H groups in total. The lowest BCUT2D eigenvalue weighted by Crippen LogP contribution is -2.64. The van der Waals surface area contributed by atoms with Crippen LogP contribution in [0.1, 0.15) is 43.7 Å². The van der Waals surface area contributed by atoms with E-state index in [2.05, 4.69) is 40.1 Å². The Kier molecular flexibility index (Phi) is 3.52. The van der Waals surface area contributed by atoms with Crippen molar-refractivity contribution in [2.24, 2.45) is 5.73 Å². The summed E-state index contributed by atoms with van der Waals surface area (Å²) in [5.41, 5.74) is 8.26. The highest BCUT2D eigenvalue weighted by Crippen LogP contribution is 2.46. The zero-order chi connectivity index (χ0) is 14.3. The number of nitrogens with zero attached hydrogens (tertiary/aromatic N) is 2. The predicted molar refractivity (Wildman–Crippen MR) is 86.1 cm³/mol. The van der Waals surface area contributed by atoms with Gasteiger partial charge in [-0.2, -0.15) is 0 Å². The summed E-state index contributed by atoms with van der Waals surface area (Å²) in [4.78, 5) is 5.41. The molecule has 1 heterocycles. The molecule has 0 amide bonds. The molecular formula is C18H27N3. The molecule has 2 saturated carbocycles. The van der Waals surface area contributed by atoms with Crippen molar-refractivity contribution < 1.29 is 0 Å². The SMILES string of the molecule is NC(c1ccccc1)C1(N2CCN(C3CC3)CC2)CCC1. The van der Waals surface area contributed by atoms with Crippen LogP contribution in [0.25, 0.3) is 0 Å². The minimum Gasteiger partial charge on any atom is -0.322 e. The molecule has 21 heavy (non-hydrogen) atoms. The third-order valence-corrected chi connectivity index (χ3v) is 5.96. The largest absolute Gasteiger partial charge is 0.322 e. The maximum Gasteiger partial charge on any atom is 0.0482 e. The molecule has 2 aliphatic carbocycles. The Morgan fingerprint density at radius 3 is 2.19 bits per heavy atom. The van der Waals surface area contributed by atoms with E-state index in [0.29, 0.717) is 0 Å². The summed E-state index contributed by atoms with van der Waals surface area (Å²) in [6.45, 7) is 4.90. The van der Waals surface area contributed by atoms with E-state index in [1.54, 1.807) is 0 Å². The van der Waals surface area contributed by atoms with E-state index in [-0.39, 0.29) is 11.6 Å². The third-order valence-electron chi connectivity index (χ3n) is 5.96. The van der Waals surface area contributed by atoms with E-state index in [1.807, 2.05) is 0 Å². The van der Waals surface area contributed by atoms with Gasteiger partial charge in [0.15, 0.2) is 0 Å². The zero-order valence-electron chi connectivity index (χ0n) is 12.9. The van der Waals surface area contributed by atoms with Gasteiger partial charge in [-0.1, -0.05) is 30.3 Å². The van der Waals surface area contributed by atoms with Crippen LogP contribution in [-0.2, 0) is 0 Å². The Balaban J connectivity index is 1.48. The van der Waals surface area contributed by atoms with Crippen molar-refractivity contribution in [3.8, 4) is 0 Å². The van der Waals surface area contributed by atoms with Crippen molar-refractivity contribution in [3.05, 3.63) is 35.9 Å². The number of hydrogen-bond acceptors (Lipinski definition) is 3. The number of hydrogen-bond donors (Lipinski definition) is 1. The lowest BCUT2D eigenvalue weighted by atomic mass is 9.68. The fourth-order valence-electron chi connectivity index (χ4n) is 4.31. The van der Waals surface area contributed by atoms with Crippen molar-refractivity contribution in [3.63, 3.8) is 0 Å². The molecule has 114 valence electrons. The van der Waals surface area contributed by atoms with E-state index in [1.165, 1.54) is 63.8 Å². The van der Waals surface area contributed by atoms with Crippen molar-refractivity contribution in [1.82, 2.24) is 9.80 Å². The van der Waals surface area contributed by atoms with Crippen LogP contribution in [0.15, 0.2) is 30.3 Å². The molecule has 0 aromatic heterocycles. The van der Waals surface area contributed by atoms with Gasteiger partial charge in [0.2, 0.25) is 0 Å². The van der Waals surface area contributed by atoms with Crippen LogP contribution in [-0.4, -0.2) is 47.6 Å². The Hall–Kier alpha value is -0.900. The Morgan fingerprint density at radius 1 is 1.00 bits per heavy atom. The van der Waals surface area contributed by atoms with Gasteiger partial charge in [-0.3, -0.25) is 9.80 Å². The van der Waals surface area contributed by atoms with E-state index in [0.717, 1.165) is 6.04 Å². The first-order chi connectivity index (χ1) is 10.3. The fraction of sp³-hybridized carbons (Fsp3) is 0.667. The minimum atomic E-state index is 0.167. The summed E-state index contributed by atoms with van der Waals surface area (Å²) in [6.07, 6.45) is 6.73. The molecule has 3 heteroatoms. The Labute approximate surface area is 128 Å². The lowest BCUT2D eigenvalue weighted by molar-refractivity contribution is -0.0378. The maximum atomic E-state index is 6.72. The van der Waals surface area contributed by atoms with Crippen LogP contribution in [0.2, 0.25) is 0 Å². The topological polar surface area (TPSA) is 32.5 Å². The van der Waals surface area contributed by atoms with Gasteiger partial charge in [0.25, 0.3) is 0 Å². The van der Waals surface area contributed by atoms with E-state index < -0.39 is 0 Å². The summed E-state index contributed by atoms with van der Waals surface area (Å²) in [5, 5.41) is 0. The van der Waals surface area contributed by atoms with Crippen LogP contribution in [0.5, 0.6) is 0 Å². The second-order valence-electron chi connectivity index (χ2n) is 7.10. The molecule has 0 bridgehead atoms. The van der Waals surface area contributed by atoms with E-state index in [9.17, 15) is 0 Å². The highest BCUT2D eigenvalue weighted by molar-refractivity contribution is 5.25. The van der Waals surface area contributed by atoms with Crippen LogP contribution in [0.3, 0.4) is 0 Å². The van der Waals surface area contributed by atoms with Gasteiger partial charge in [-0.05, 0) is 37.7 Å². The zero-order valence-corrected chi connectivity index (χ0v) is 12.9. The third kappa shape index (κ3) is 2.41. The molecule has 0 spiro atoms. The average molecular weight is 285 g/mol. The van der Waals surface area contributed by atoms with Crippen molar-refractivity contribution in [2.45, 2.75) is 49.7 Å².